The third-order valence-electron chi connectivity index (χ3n) is 3.47. The first-order chi connectivity index (χ1) is 8.81. The Hall–Kier alpha value is -0.450. The average molecular weight is 268 g/mol. The van der Waals surface area contributed by atoms with Crippen LogP contribution in [0.3, 0.4) is 0 Å². The van der Waals surface area contributed by atoms with Gasteiger partial charge in [0.25, 0.3) is 0 Å². The quantitative estimate of drug-likeness (QED) is 0.860. The Kier molecular flexibility index (Phi) is 5.60. The molecule has 0 saturated carbocycles. The van der Waals surface area contributed by atoms with E-state index < -0.39 is 0 Å². The Labute approximate surface area is 114 Å². The van der Waals surface area contributed by atoms with E-state index in [1.54, 1.807) is 0 Å². The number of nitrogens with one attached hydrogen (secondary N) is 1. The molecule has 0 amide bonds. The van der Waals surface area contributed by atoms with Crippen molar-refractivity contribution in [2.45, 2.75) is 64.6 Å². The lowest BCUT2D eigenvalue weighted by molar-refractivity contribution is -0.00343. The van der Waals surface area contributed by atoms with Crippen molar-refractivity contribution in [2.24, 2.45) is 0 Å². The topological polar surface area (TPSA) is 34.2 Å². The van der Waals surface area contributed by atoms with Crippen LogP contribution in [-0.4, -0.2) is 23.7 Å². The minimum atomic E-state index is 0.462. The maximum atomic E-state index is 5.77. The summed E-state index contributed by atoms with van der Waals surface area (Å²) < 4.78 is 5.77. The van der Waals surface area contributed by atoms with E-state index in [2.05, 4.69) is 24.1 Å². The van der Waals surface area contributed by atoms with Crippen molar-refractivity contribution in [3.8, 4) is 0 Å². The first-order valence-electron chi connectivity index (χ1n) is 7.10. The maximum Gasteiger partial charge on any atom is 0.107 e. The number of thiazole rings is 1. The highest BCUT2D eigenvalue weighted by molar-refractivity contribution is 7.11. The zero-order chi connectivity index (χ0) is 12.8. The largest absolute Gasteiger partial charge is 0.378 e. The lowest BCUT2D eigenvalue weighted by atomic mass is 10.0. The van der Waals surface area contributed by atoms with Crippen molar-refractivity contribution < 1.29 is 4.74 Å². The predicted molar refractivity (Wildman–Crippen MR) is 76.0 cm³/mol. The Morgan fingerprint density at radius 3 is 3.11 bits per heavy atom. The van der Waals surface area contributed by atoms with Gasteiger partial charge in [0, 0.05) is 30.3 Å². The van der Waals surface area contributed by atoms with Gasteiger partial charge in [0.15, 0.2) is 0 Å². The fourth-order valence-electron chi connectivity index (χ4n) is 2.41. The molecule has 4 heteroatoms. The molecule has 3 nitrogen and oxygen atoms in total. The lowest BCUT2D eigenvalue weighted by Crippen LogP contribution is -2.38. The summed E-state index contributed by atoms with van der Waals surface area (Å²) in [4.78, 5) is 5.83. The van der Waals surface area contributed by atoms with E-state index in [-0.39, 0.29) is 0 Å². The Morgan fingerprint density at radius 2 is 2.39 bits per heavy atom. The van der Waals surface area contributed by atoms with Crippen LogP contribution in [0.4, 0.5) is 0 Å². The molecule has 0 bridgehead atoms. The van der Waals surface area contributed by atoms with Crippen LogP contribution in [0.1, 0.15) is 49.4 Å². The van der Waals surface area contributed by atoms with Crippen molar-refractivity contribution >= 4 is 11.3 Å². The number of rotatable bonds is 6. The molecule has 2 heterocycles. The van der Waals surface area contributed by atoms with Gasteiger partial charge in [0.1, 0.15) is 5.01 Å². The molecular weight excluding hydrogens is 244 g/mol. The molecule has 102 valence electrons. The van der Waals surface area contributed by atoms with Crippen LogP contribution < -0.4 is 5.32 Å². The van der Waals surface area contributed by atoms with E-state index in [9.17, 15) is 0 Å². The smallest absolute Gasteiger partial charge is 0.107 e. The van der Waals surface area contributed by atoms with E-state index in [1.807, 2.05) is 17.5 Å². The van der Waals surface area contributed by atoms with E-state index in [1.165, 1.54) is 22.7 Å². The lowest BCUT2D eigenvalue weighted by Gasteiger charge is -2.30. The first-order valence-corrected chi connectivity index (χ1v) is 7.92. The number of nitrogens with zero attached hydrogens (tertiary/aromatic N) is 1. The fourth-order valence-corrected chi connectivity index (χ4v) is 3.23. The Morgan fingerprint density at radius 1 is 1.50 bits per heavy atom. The monoisotopic (exact) mass is 268 g/mol. The van der Waals surface area contributed by atoms with Gasteiger partial charge in [-0.2, -0.15) is 0 Å². The van der Waals surface area contributed by atoms with Crippen molar-refractivity contribution in [1.29, 1.82) is 0 Å². The molecular formula is C14H24N2OS. The molecule has 1 N–H and O–H groups in total. The molecule has 2 unspecified atom stereocenters. The van der Waals surface area contributed by atoms with Crippen molar-refractivity contribution in [2.75, 3.05) is 6.61 Å². The highest BCUT2D eigenvalue weighted by atomic mass is 32.1. The second kappa shape index (κ2) is 7.22. The second-order valence-corrected chi connectivity index (χ2v) is 6.16. The summed E-state index contributed by atoms with van der Waals surface area (Å²) in [5, 5.41) is 4.84. The van der Waals surface area contributed by atoms with Crippen molar-refractivity contribution in [3.05, 3.63) is 16.1 Å². The van der Waals surface area contributed by atoms with Crippen LogP contribution in [0.5, 0.6) is 0 Å². The third kappa shape index (κ3) is 4.04. The number of aryl methyl sites for hydroxylation is 1. The van der Waals surface area contributed by atoms with Gasteiger partial charge in [-0.05, 0) is 25.7 Å². The van der Waals surface area contributed by atoms with Crippen LogP contribution in [0.2, 0.25) is 0 Å². The SMILES string of the molecule is CCCC1CC(NCc2ncc(CC)s2)CCO1. The molecule has 1 aromatic heterocycles. The standard InChI is InChI=1S/C14H24N2OS/c1-3-5-12-8-11(6-7-17-12)15-10-14-16-9-13(4-2)18-14/h9,11-12,15H,3-8,10H2,1-2H3. The summed E-state index contributed by atoms with van der Waals surface area (Å²) in [5.74, 6) is 0. The summed E-state index contributed by atoms with van der Waals surface area (Å²) in [6.07, 6.45) is 8.24. The molecule has 18 heavy (non-hydrogen) atoms. The third-order valence-corrected chi connectivity index (χ3v) is 4.61. The van der Waals surface area contributed by atoms with E-state index in [0.29, 0.717) is 12.1 Å². The molecule has 0 spiro atoms. The number of aromatic nitrogens is 1. The highest BCUT2D eigenvalue weighted by Gasteiger charge is 2.21. The minimum absolute atomic E-state index is 0.462. The molecule has 1 aromatic rings. The van der Waals surface area contributed by atoms with E-state index >= 15 is 0 Å². The molecule has 0 aromatic carbocycles. The zero-order valence-electron chi connectivity index (χ0n) is 11.4. The van der Waals surface area contributed by atoms with Crippen LogP contribution in [0, 0.1) is 0 Å². The van der Waals surface area contributed by atoms with E-state index in [0.717, 1.165) is 32.4 Å². The van der Waals surface area contributed by atoms with Crippen LogP contribution in [-0.2, 0) is 17.7 Å². The van der Waals surface area contributed by atoms with Gasteiger partial charge >= 0.3 is 0 Å². The molecule has 1 fully saturated rings. The molecule has 1 aliphatic heterocycles. The first kappa shape index (κ1) is 14.0. The number of ether oxygens (including phenoxy) is 1. The summed E-state index contributed by atoms with van der Waals surface area (Å²) in [6.45, 7) is 6.22. The Bertz CT molecular complexity index is 351. The summed E-state index contributed by atoms with van der Waals surface area (Å²) in [5.41, 5.74) is 0. The van der Waals surface area contributed by atoms with Crippen LogP contribution in [0.25, 0.3) is 0 Å². The Balaban J connectivity index is 1.75. The highest BCUT2D eigenvalue weighted by Crippen LogP contribution is 2.19. The molecule has 1 saturated heterocycles. The number of hydrogen-bond donors (Lipinski definition) is 1. The fraction of sp³-hybridized carbons (Fsp3) is 0.786. The van der Waals surface area contributed by atoms with Gasteiger partial charge in [0.2, 0.25) is 0 Å². The van der Waals surface area contributed by atoms with Gasteiger partial charge in [-0.3, -0.25) is 0 Å². The van der Waals surface area contributed by atoms with Crippen molar-refractivity contribution in [3.63, 3.8) is 0 Å². The van der Waals surface area contributed by atoms with Gasteiger partial charge in [0.05, 0.1) is 6.10 Å². The molecule has 0 radical (unpaired) electrons. The van der Waals surface area contributed by atoms with Crippen LogP contribution >= 0.6 is 11.3 Å². The molecule has 1 aliphatic rings. The minimum Gasteiger partial charge on any atom is -0.378 e. The maximum absolute atomic E-state index is 5.77. The molecule has 2 rings (SSSR count). The van der Waals surface area contributed by atoms with Gasteiger partial charge in [-0.15, -0.1) is 11.3 Å². The molecule has 0 aliphatic carbocycles. The van der Waals surface area contributed by atoms with Gasteiger partial charge < -0.3 is 10.1 Å². The van der Waals surface area contributed by atoms with Crippen LogP contribution in [0.15, 0.2) is 6.20 Å². The average Bonchev–Trinajstić information content (AvgIpc) is 2.85. The van der Waals surface area contributed by atoms with Crippen molar-refractivity contribution in [1.82, 2.24) is 10.3 Å². The zero-order valence-corrected chi connectivity index (χ0v) is 12.3. The number of hydrogen-bond acceptors (Lipinski definition) is 4. The summed E-state index contributed by atoms with van der Waals surface area (Å²) >= 11 is 1.83. The summed E-state index contributed by atoms with van der Waals surface area (Å²) in [6, 6.07) is 0.601. The second-order valence-electron chi connectivity index (χ2n) is 4.96. The van der Waals surface area contributed by atoms with E-state index in [4.69, 9.17) is 4.74 Å². The van der Waals surface area contributed by atoms with Gasteiger partial charge in [-0.1, -0.05) is 20.3 Å². The summed E-state index contributed by atoms with van der Waals surface area (Å²) in [7, 11) is 0. The normalized spacial score (nSPS) is 24.3. The molecule has 2 atom stereocenters. The predicted octanol–water partition coefficient (Wildman–Crippen LogP) is 3.14. The van der Waals surface area contributed by atoms with Gasteiger partial charge in [-0.25, -0.2) is 4.98 Å².